The van der Waals surface area contributed by atoms with E-state index < -0.39 is 0 Å². The molecule has 0 bridgehead atoms. The zero-order chi connectivity index (χ0) is 7.84. The van der Waals surface area contributed by atoms with E-state index in [0.717, 1.165) is 10.0 Å². The van der Waals surface area contributed by atoms with Crippen molar-refractivity contribution in [1.29, 1.82) is 0 Å². The van der Waals surface area contributed by atoms with Crippen molar-refractivity contribution in [3.8, 4) is 0 Å². The third-order valence-electron chi connectivity index (χ3n) is 1.93. The van der Waals surface area contributed by atoms with Crippen LogP contribution in [0.15, 0.2) is 22.7 Å². The molecule has 1 fully saturated rings. The summed E-state index contributed by atoms with van der Waals surface area (Å²) < 4.78 is 13.6. The molecule has 0 atom stereocenters. The van der Waals surface area contributed by atoms with Crippen LogP contribution in [0, 0.1) is 5.82 Å². The van der Waals surface area contributed by atoms with E-state index in [0.29, 0.717) is 5.92 Å². The van der Waals surface area contributed by atoms with Crippen LogP contribution in [0.5, 0.6) is 0 Å². The highest BCUT2D eigenvalue weighted by Gasteiger charge is 2.23. The highest BCUT2D eigenvalue weighted by atomic mass is 79.9. The molecule has 0 heterocycles. The fraction of sp³-hybridized carbons (Fsp3) is 0.333. The number of benzene rings is 1. The summed E-state index contributed by atoms with van der Waals surface area (Å²) >= 11 is 3.27. The molecule has 1 aromatic carbocycles. The van der Waals surface area contributed by atoms with Gasteiger partial charge in [-0.2, -0.15) is 0 Å². The summed E-state index contributed by atoms with van der Waals surface area (Å²) in [6.07, 6.45) is 2.44. The summed E-state index contributed by atoms with van der Waals surface area (Å²) in [5, 5.41) is 0. The van der Waals surface area contributed by atoms with E-state index >= 15 is 0 Å². The molecule has 1 aliphatic carbocycles. The topological polar surface area (TPSA) is 0 Å². The molecular weight excluding hydrogens is 207 g/mol. The third-order valence-corrected chi connectivity index (χ3v) is 2.39. The zero-order valence-corrected chi connectivity index (χ0v) is 7.57. The van der Waals surface area contributed by atoms with Gasteiger partial charge in [0, 0.05) is 4.47 Å². The average molecular weight is 215 g/mol. The van der Waals surface area contributed by atoms with Gasteiger partial charge in [0.25, 0.3) is 0 Å². The van der Waals surface area contributed by atoms with Crippen LogP contribution in [0.1, 0.15) is 24.3 Å². The lowest BCUT2D eigenvalue weighted by molar-refractivity contribution is 0.624. The van der Waals surface area contributed by atoms with Crippen molar-refractivity contribution < 1.29 is 4.39 Å². The Balaban J connectivity index is 2.39. The number of hydrogen-bond acceptors (Lipinski definition) is 0. The van der Waals surface area contributed by atoms with Crippen molar-refractivity contribution in [2.75, 3.05) is 0 Å². The molecule has 0 N–H and O–H groups in total. The SMILES string of the molecule is Fc1cc(Br)cc(C2CC2)c1. The molecule has 0 unspecified atom stereocenters. The summed E-state index contributed by atoms with van der Waals surface area (Å²) in [5.41, 5.74) is 1.14. The molecule has 58 valence electrons. The Morgan fingerprint density at radius 3 is 2.55 bits per heavy atom. The molecule has 1 saturated carbocycles. The summed E-state index contributed by atoms with van der Waals surface area (Å²) in [7, 11) is 0. The first-order valence-corrected chi connectivity index (χ1v) is 4.51. The van der Waals surface area contributed by atoms with Crippen molar-refractivity contribution in [2.45, 2.75) is 18.8 Å². The summed E-state index contributed by atoms with van der Waals surface area (Å²) in [5.74, 6) is 0.489. The van der Waals surface area contributed by atoms with Crippen LogP contribution in [0.2, 0.25) is 0 Å². The maximum atomic E-state index is 12.8. The third kappa shape index (κ3) is 1.62. The number of hydrogen-bond donors (Lipinski definition) is 0. The molecular formula is C9H8BrF. The molecule has 11 heavy (non-hydrogen) atoms. The van der Waals surface area contributed by atoms with Crippen LogP contribution in [0.4, 0.5) is 4.39 Å². The van der Waals surface area contributed by atoms with Gasteiger partial charge in [-0.05, 0) is 42.5 Å². The quantitative estimate of drug-likeness (QED) is 0.672. The van der Waals surface area contributed by atoms with Crippen molar-refractivity contribution in [1.82, 2.24) is 0 Å². The fourth-order valence-electron chi connectivity index (χ4n) is 1.23. The second kappa shape index (κ2) is 2.59. The minimum atomic E-state index is -0.138. The Labute approximate surface area is 73.6 Å². The van der Waals surface area contributed by atoms with Gasteiger partial charge in [0.05, 0.1) is 0 Å². The van der Waals surface area contributed by atoms with Crippen molar-refractivity contribution in [3.63, 3.8) is 0 Å². The van der Waals surface area contributed by atoms with Crippen LogP contribution in [-0.2, 0) is 0 Å². The smallest absolute Gasteiger partial charge is 0.124 e. The molecule has 0 nitrogen and oxygen atoms in total. The maximum absolute atomic E-state index is 12.8. The van der Waals surface area contributed by atoms with Crippen LogP contribution in [0.25, 0.3) is 0 Å². The van der Waals surface area contributed by atoms with Gasteiger partial charge >= 0.3 is 0 Å². The zero-order valence-electron chi connectivity index (χ0n) is 5.98. The lowest BCUT2D eigenvalue weighted by Gasteiger charge is -1.98. The van der Waals surface area contributed by atoms with E-state index in [1.807, 2.05) is 6.07 Å². The Morgan fingerprint density at radius 1 is 1.27 bits per heavy atom. The van der Waals surface area contributed by atoms with E-state index in [4.69, 9.17) is 0 Å². The van der Waals surface area contributed by atoms with Gasteiger partial charge in [-0.15, -0.1) is 0 Å². The highest BCUT2D eigenvalue weighted by Crippen LogP contribution is 2.40. The Bertz CT molecular complexity index is 259. The molecule has 0 amide bonds. The van der Waals surface area contributed by atoms with Crippen LogP contribution in [0.3, 0.4) is 0 Å². The molecule has 0 aromatic heterocycles. The second-order valence-electron chi connectivity index (χ2n) is 2.98. The second-order valence-corrected chi connectivity index (χ2v) is 3.89. The first-order valence-electron chi connectivity index (χ1n) is 3.72. The Kier molecular flexibility index (Phi) is 1.72. The van der Waals surface area contributed by atoms with Gasteiger partial charge in [0.1, 0.15) is 5.82 Å². The molecule has 0 radical (unpaired) electrons. The standard InChI is InChI=1S/C9H8BrF/c10-8-3-7(6-1-2-6)4-9(11)5-8/h3-6H,1-2H2. The van der Waals surface area contributed by atoms with Gasteiger partial charge < -0.3 is 0 Å². The number of rotatable bonds is 1. The largest absolute Gasteiger partial charge is 0.207 e. The number of halogens is 2. The molecule has 2 heteroatoms. The van der Waals surface area contributed by atoms with E-state index in [1.165, 1.54) is 18.9 Å². The van der Waals surface area contributed by atoms with Crippen LogP contribution in [-0.4, -0.2) is 0 Å². The molecule has 2 rings (SSSR count). The average Bonchev–Trinajstić information content (AvgIpc) is 2.64. The first kappa shape index (κ1) is 7.29. The van der Waals surface area contributed by atoms with E-state index in [9.17, 15) is 4.39 Å². The van der Waals surface area contributed by atoms with Crippen LogP contribution < -0.4 is 0 Å². The van der Waals surface area contributed by atoms with E-state index in [-0.39, 0.29) is 5.82 Å². The summed E-state index contributed by atoms with van der Waals surface area (Å²) in [4.78, 5) is 0. The monoisotopic (exact) mass is 214 g/mol. The normalized spacial score (nSPS) is 16.9. The van der Waals surface area contributed by atoms with E-state index in [1.54, 1.807) is 6.07 Å². The van der Waals surface area contributed by atoms with E-state index in [2.05, 4.69) is 15.9 Å². The van der Waals surface area contributed by atoms with Gasteiger partial charge in [-0.1, -0.05) is 15.9 Å². The predicted octanol–water partition coefficient (Wildman–Crippen LogP) is 3.47. The maximum Gasteiger partial charge on any atom is 0.124 e. The highest BCUT2D eigenvalue weighted by molar-refractivity contribution is 9.10. The lowest BCUT2D eigenvalue weighted by atomic mass is 10.1. The molecule has 0 saturated heterocycles. The molecule has 0 aliphatic heterocycles. The molecule has 1 aliphatic rings. The van der Waals surface area contributed by atoms with Gasteiger partial charge in [0.15, 0.2) is 0 Å². The lowest BCUT2D eigenvalue weighted by Crippen LogP contribution is -1.81. The molecule has 1 aromatic rings. The minimum Gasteiger partial charge on any atom is -0.207 e. The van der Waals surface area contributed by atoms with Gasteiger partial charge in [0.2, 0.25) is 0 Å². The fourth-order valence-corrected chi connectivity index (χ4v) is 1.71. The first-order chi connectivity index (χ1) is 5.25. The molecule has 0 spiro atoms. The van der Waals surface area contributed by atoms with Crippen molar-refractivity contribution in [2.24, 2.45) is 0 Å². The van der Waals surface area contributed by atoms with Crippen molar-refractivity contribution in [3.05, 3.63) is 34.1 Å². The predicted molar refractivity (Wildman–Crippen MR) is 46.1 cm³/mol. The summed E-state index contributed by atoms with van der Waals surface area (Å²) in [6.45, 7) is 0. The van der Waals surface area contributed by atoms with Crippen LogP contribution >= 0.6 is 15.9 Å². The Morgan fingerprint density at radius 2 is 2.00 bits per heavy atom. The summed E-state index contributed by atoms with van der Waals surface area (Å²) in [6, 6.07) is 5.12. The van der Waals surface area contributed by atoms with Gasteiger partial charge in [-0.25, -0.2) is 4.39 Å². The minimum absolute atomic E-state index is 0.138. The van der Waals surface area contributed by atoms with Crippen molar-refractivity contribution >= 4 is 15.9 Å². The Hall–Kier alpha value is -0.370. The van der Waals surface area contributed by atoms with Gasteiger partial charge in [-0.3, -0.25) is 0 Å².